The number of methoxy groups -OCH3 is 1. The van der Waals surface area contributed by atoms with Crippen molar-refractivity contribution in [2.75, 3.05) is 27.2 Å². The van der Waals surface area contributed by atoms with Crippen molar-refractivity contribution in [2.24, 2.45) is 11.8 Å². The third-order valence-corrected chi connectivity index (χ3v) is 6.49. The fourth-order valence-corrected chi connectivity index (χ4v) is 4.93. The summed E-state index contributed by atoms with van der Waals surface area (Å²) in [5.74, 6) is 3.73. The largest absolute Gasteiger partial charge is 0.497 e. The Balaban J connectivity index is 1.49. The maximum atomic E-state index is 10.4. The van der Waals surface area contributed by atoms with E-state index < -0.39 is 0 Å². The Bertz CT molecular complexity index is 816. The second-order valence-electron chi connectivity index (χ2n) is 8.45. The number of hydrogen-bond donors (Lipinski definition) is 1. The highest BCUT2D eigenvalue weighted by molar-refractivity contribution is 5.57. The van der Waals surface area contributed by atoms with E-state index in [1.807, 2.05) is 24.3 Å². The molecular formula is C20H26N4O2. The molecule has 4 aliphatic rings. The molecule has 0 spiro atoms. The average molecular weight is 354 g/mol. The first-order valence-corrected chi connectivity index (χ1v) is 9.54. The SMILES string of the molecule is COc1cccc(-c2nc(C[C@@H]3CN(C)C[C@H]3O)n(C34CC(C3)C4)n2)c1. The molecule has 2 heterocycles. The lowest BCUT2D eigenvalue weighted by Crippen LogP contribution is -2.60. The molecule has 1 aromatic heterocycles. The molecule has 3 aliphatic carbocycles. The summed E-state index contributed by atoms with van der Waals surface area (Å²) >= 11 is 0. The Hall–Kier alpha value is -1.92. The summed E-state index contributed by atoms with van der Waals surface area (Å²) in [5.41, 5.74) is 1.18. The van der Waals surface area contributed by atoms with Crippen molar-refractivity contribution < 1.29 is 9.84 Å². The van der Waals surface area contributed by atoms with Crippen LogP contribution in [0.1, 0.15) is 25.1 Å². The molecule has 6 nitrogen and oxygen atoms in total. The number of β-amino-alcohol motifs (C(OH)–C–C–N with tert-alkyl or cyclic N) is 1. The summed E-state index contributed by atoms with van der Waals surface area (Å²) in [5, 5.41) is 15.3. The number of aromatic nitrogens is 3. The van der Waals surface area contributed by atoms with Crippen molar-refractivity contribution in [1.82, 2.24) is 19.7 Å². The Labute approximate surface area is 153 Å². The first-order chi connectivity index (χ1) is 12.6. The number of aliphatic hydroxyl groups excluding tert-OH is 1. The van der Waals surface area contributed by atoms with Gasteiger partial charge >= 0.3 is 0 Å². The molecule has 1 aromatic carbocycles. The van der Waals surface area contributed by atoms with Gasteiger partial charge in [0.05, 0.1) is 18.8 Å². The molecule has 6 rings (SSSR count). The zero-order valence-corrected chi connectivity index (χ0v) is 15.4. The highest BCUT2D eigenvalue weighted by Crippen LogP contribution is 2.62. The highest BCUT2D eigenvalue weighted by atomic mass is 16.5. The zero-order chi connectivity index (χ0) is 17.9. The van der Waals surface area contributed by atoms with E-state index in [2.05, 4.69) is 16.6 Å². The van der Waals surface area contributed by atoms with E-state index in [0.29, 0.717) is 0 Å². The molecule has 0 radical (unpaired) electrons. The van der Waals surface area contributed by atoms with Crippen molar-refractivity contribution in [2.45, 2.75) is 37.3 Å². The van der Waals surface area contributed by atoms with Gasteiger partial charge in [0.2, 0.25) is 0 Å². The predicted octanol–water partition coefficient (Wildman–Crippen LogP) is 1.93. The van der Waals surface area contributed by atoms with Gasteiger partial charge in [-0.15, -0.1) is 0 Å². The van der Waals surface area contributed by atoms with E-state index in [1.54, 1.807) is 7.11 Å². The van der Waals surface area contributed by atoms with Crippen LogP contribution in [-0.4, -0.2) is 58.1 Å². The number of aliphatic hydroxyl groups is 1. The van der Waals surface area contributed by atoms with E-state index in [-0.39, 0.29) is 17.6 Å². The van der Waals surface area contributed by atoms with E-state index >= 15 is 0 Å². The van der Waals surface area contributed by atoms with Crippen LogP contribution in [0.2, 0.25) is 0 Å². The average Bonchev–Trinajstić information content (AvgIpc) is 3.09. The Kier molecular flexibility index (Phi) is 3.62. The molecule has 3 saturated carbocycles. The lowest BCUT2D eigenvalue weighted by Gasteiger charge is -2.61. The van der Waals surface area contributed by atoms with Crippen LogP contribution in [0, 0.1) is 11.8 Å². The molecule has 4 fully saturated rings. The molecular weight excluding hydrogens is 328 g/mol. The van der Waals surface area contributed by atoms with Gasteiger partial charge in [-0.1, -0.05) is 12.1 Å². The number of nitrogens with zero attached hydrogens (tertiary/aromatic N) is 4. The van der Waals surface area contributed by atoms with Crippen LogP contribution in [0.15, 0.2) is 24.3 Å². The Morgan fingerprint density at radius 1 is 1.27 bits per heavy atom. The van der Waals surface area contributed by atoms with Gasteiger partial charge < -0.3 is 14.7 Å². The fraction of sp³-hybridized carbons (Fsp3) is 0.600. The van der Waals surface area contributed by atoms with Crippen LogP contribution in [-0.2, 0) is 12.0 Å². The summed E-state index contributed by atoms with van der Waals surface area (Å²) in [6.45, 7) is 1.66. The van der Waals surface area contributed by atoms with E-state index in [4.69, 9.17) is 14.8 Å². The topological polar surface area (TPSA) is 63.4 Å². The number of likely N-dealkylation sites (N-methyl/N-ethyl adjacent to an activating group) is 1. The molecule has 2 atom stereocenters. The molecule has 2 bridgehead atoms. The van der Waals surface area contributed by atoms with Crippen molar-refractivity contribution in [3.05, 3.63) is 30.1 Å². The third kappa shape index (κ3) is 2.47. The Morgan fingerprint density at radius 2 is 2.08 bits per heavy atom. The number of likely N-dealkylation sites (tertiary alicyclic amines) is 1. The summed E-state index contributed by atoms with van der Waals surface area (Å²) < 4.78 is 7.55. The zero-order valence-electron chi connectivity index (χ0n) is 15.4. The quantitative estimate of drug-likeness (QED) is 0.889. The van der Waals surface area contributed by atoms with Gasteiger partial charge in [-0.05, 0) is 44.4 Å². The molecule has 6 heteroatoms. The minimum atomic E-state index is -0.279. The molecule has 0 unspecified atom stereocenters. The fourth-order valence-electron chi connectivity index (χ4n) is 4.93. The van der Waals surface area contributed by atoms with E-state index in [1.165, 1.54) is 19.3 Å². The van der Waals surface area contributed by atoms with E-state index in [0.717, 1.165) is 48.4 Å². The number of benzene rings is 1. The molecule has 1 saturated heterocycles. The van der Waals surface area contributed by atoms with Gasteiger partial charge in [0.15, 0.2) is 5.82 Å². The molecule has 26 heavy (non-hydrogen) atoms. The van der Waals surface area contributed by atoms with E-state index in [9.17, 15) is 5.11 Å². The number of rotatable bonds is 5. The van der Waals surface area contributed by atoms with Crippen LogP contribution in [0.25, 0.3) is 11.4 Å². The normalized spacial score (nSPS) is 33.0. The van der Waals surface area contributed by atoms with Gasteiger partial charge in [-0.2, -0.15) is 5.10 Å². The minimum Gasteiger partial charge on any atom is -0.497 e. The lowest BCUT2D eigenvalue weighted by molar-refractivity contribution is -0.100. The first kappa shape index (κ1) is 16.3. The third-order valence-electron chi connectivity index (χ3n) is 6.49. The van der Waals surface area contributed by atoms with Crippen molar-refractivity contribution in [3.8, 4) is 17.1 Å². The summed E-state index contributed by atoms with van der Waals surface area (Å²) in [6.07, 6.45) is 4.20. The van der Waals surface area contributed by atoms with Crippen LogP contribution in [0.5, 0.6) is 5.75 Å². The van der Waals surface area contributed by atoms with Crippen LogP contribution in [0.3, 0.4) is 0 Å². The molecule has 1 N–H and O–H groups in total. The number of ether oxygens (including phenoxy) is 1. The van der Waals surface area contributed by atoms with Crippen molar-refractivity contribution >= 4 is 0 Å². The van der Waals surface area contributed by atoms with Crippen LogP contribution >= 0.6 is 0 Å². The molecule has 0 amide bonds. The van der Waals surface area contributed by atoms with Crippen molar-refractivity contribution in [1.29, 1.82) is 0 Å². The molecule has 1 aliphatic heterocycles. The smallest absolute Gasteiger partial charge is 0.181 e. The monoisotopic (exact) mass is 354 g/mol. The maximum absolute atomic E-state index is 10.4. The Morgan fingerprint density at radius 3 is 2.69 bits per heavy atom. The van der Waals surface area contributed by atoms with Gasteiger partial charge in [-0.3, -0.25) is 0 Å². The van der Waals surface area contributed by atoms with Crippen LogP contribution < -0.4 is 4.74 Å². The summed E-state index contributed by atoms with van der Waals surface area (Å²) in [7, 11) is 3.74. The standard InChI is InChI=1S/C20H26N4O2/c1-23-11-15(17(25)12-23)7-18-21-19(14-4-3-5-16(6-14)26-2)22-24(18)20-8-13(9-20)10-20/h3-6,13,15,17,25H,7-12H2,1-2H3/t13?,15-,17-,20?/m1/s1. The van der Waals surface area contributed by atoms with Gasteiger partial charge in [0.25, 0.3) is 0 Å². The highest BCUT2D eigenvalue weighted by Gasteiger charge is 2.59. The minimum absolute atomic E-state index is 0.194. The molecule has 138 valence electrons. The molecule has 2 aromatic rings. The number of hydrogen-bond acceptors (Lipinski definition) is 5. The lowest BCUT2D eigenvalue weighted by atomic mass is 9.50. The first-order valence-electron chi connectivity index (χ1n) is 9.54. The second kappa shape index (κ2) is 5.79. The summed E-state index contributed by atoms with van der Waals surface area (Å²) in [6, 6.07) is 7.94. The van der Waals surface area contributed by atoms with Gasteiger partial charge in [0, 0.05) is 31.0 Å². The van der Waals surface area contributed by atoms with Gasteiger partial charge in [-0.25, -0.2) is 9.67 Å². The maximum Gasteiger partial charge on any atom is 0.181 e. The summed E-state index contributed by atoms with van der Waals surface area (Å²) in [4.78, 5) is 7.11. The van der Waals surface area contributed by atoms with Crippen molar-refractivity contribution in [3.63, 3.8) is 0 Å². The van der Waals surface area contributed by atoms with Gasteiger partial charge in [0.1, 0.15) is 11.6 Å². The predicted molar refractivity (Wildman–Crippen MR) is 98.0 cm³/mol. The second-order valence-corrected chi connectivity index (χ2v) is 8.45. The van der Waals surface area contributed by atoms with Crippen LogP contribution in [0.4, 0.5) is 0 Å².